The van der Waals surface area contributed by atoms with Crippen LogP contribution in [0.25, 0.3) is 5.65 Å². The standard InChI is InChI=1S/C16H17BrN4/c1-12(13-5-3-2-4-6-13)7-18-8-14-9-20-16-10-19-15(17)11-21(14)16/h2-6,9-12,18H,7-8H2,1H3. The second-order valence-corrected chi connectivity index (χ2v) is 5.94. The predicted molar refractivity (Wildman–Crippen MR) is 87.3 cm³/mol. The highest BCUT2D eigenvalue weighted by molar-refractivity contribution is 9.10. The molecule has 0 aliphatic carbocycles. The molecule has 1 unspecified atom stereocenters. The van der Waals surface area contributed by atoms with Crippen LogP contribution in [0.4, 0.5) is 0 Å². The van der Waals surface area contributed by atoms with E-state index in [1.807, 2.05) is 18.5 Å². The Balaban J connectivity index is 1.63. The molecule has 0 spiro atoms. The molecule has 4 nitrogen and oxygen atoms in total. The van der Waals surface area contributed by atoms with Crippen molar-refractivity contribution in [3.63, 3.8) is 0 Å². The van der Waals surface area contributed by atoms with E-state index in [0.29, 0.717) is 5.92 Å². The Labute approximate surface area is 132 Å². The van der Waals surface area contributed by atoms with Gasteiger partial charge in [-0.05, 0) is 27.4 Å². The first-order chi connectivity index (χ1) is 10.2. The molecule has 0 radical (unpaired) electrons. The van der Waals surface area contributed by atoms with E-state index in [-0.39, 0.29) is 0 Å². The minimum absolute atomic E-state index is 0.485. The Hall–Kier alpha value is -1.72. The summed E-state index contributed by atoms with van der Waals surface area (Å²) in [7, 11) is 0. The van der Waals surface area contributed by atoms with Crippen LogP contribution in [0.1, 0.15) is 24.1 Å². The number of nitrogens with one attached hydrogen (secondary N) is 1. The molecule has 0 bridgehead atoms. The maximum atomic E-state index is 4.36. The van der Waals surface area contributed by atoms with Gasteiger partial charge in [-0.2, -0.15) is 0 Å². The number of imidazole rings is 1. The van der Waals surface area contributed by atoms with Crippen LogP contribution in [0.2, 0.25) is 0 Å². The molecule has 3 rings (SSSR count). The Morgan fingerprint density at radius 1 is 1.19 bits per heavy atom. The van der Waals surface area contributed by atoms with E-state index < -0.39 is 0 Å². The number of benzene rings is 1. The van der Waals surface area contributed by atoms with Gasteiger partial charge in [0.25, 0.3) is 0 Å². The highest BCUT2D eigenvalue weighted by Gasteiger charge is 2.07. The Morgan fingerprint density at radius 3 is 2.81 bits per heavy atom. The molecular weight excluding hydrogens is 328 g/mol. The lowest BCUT2D eigenvalue weighted by Gasteiger charge is -2.12. The number of aromatic nitrogens is 3. The second kappa shape index (κ2) is 6.37. The minimum atomic E-state index is 0.485. The molecule has 0 saturated carbocycles. The first kappa shape index (κ1) is 14.2. The van der Waals surface area contributed by atoms with Gasteiger partial charge in [0.2, 0.25) is 0 Å². The van der Waals surface area contributed by atoms with Crippen LogP contribution < -0.4 is 5.32 Å². The first-order valence-electron chi connectivity index (χ1n) is 6.97. The van der Waals surface area contributed by atoms with Gasteiger partial charge in [0.1, 0.15) is 4.60 Å². The Morgan fingerprint density at radius 2 is 2.00 bits per heavy atom. The van der Waals surface area contributed by atoms with Crippen molar-refractivity contribution in [2.24, 2.45) is 0 Å². The number of fused-ring (bicyclic) bond motifs is 1. The number of rotatable bonds is 5. The van der Waals surface area contributed by atoms with Gasteiger partial charge >= 0.3 is 0 Å². The van der Waals surface area contributed by atoms with E-state index in [1.54, 1.807) is 6.20 Å². The van der Waals surface area contributed by atoms with Crippen molar-refractivity contribution in [1.82, 2.24) is 19.7 Å². The summed E-state index contributed by atoms with van der Waals surface area (Å²) >= 11 is 3.39. The van der Waals surface area contributed by atoms with Crippen molar-refractivity contribution < 1.29 is 0 Å². The summed E-state index contributed by atoms with van der Waals surface area (Å²) in [5, 5.41) is 3.50. The molecule has 21 heavy (non-hydrogen) atoms. The molecule has 0 saturated heterocycles. The SMILES string of the molecule is CC(CNCc1cnc2cnc(Br)cn12)c1ccccc1. The van der Waals surface area contributed by atoms with Crippen LogP contribution in [0.15, 0.2) is 53.5 Å². The lowest BCUT2D eigenvalue weighted by molar-refractivity contribution is 0.606. The third kappa shape index (κ3) is 3.31. The fourth-order valence-corrected chi connectivity index (χ4v) is 2.67. The molecule has 0 aliphatic rings. The highest BCUT2D eigenvalue weighted by atomic mass is 79.9. The van der Waals surface area contributed by atoms with Crippen molar-refractivity contribution in [3.8, 4) is 0 Å². The average Bonchev–Trinajstić information content (AvgIpc) is 2.90. The molecule has 2 heterocycles. The molecule has 1 atom stereocenters. The second-order valence-electron chi connectivity index (χ2n) is 5.13. The quantitative estimate of drug-likeness (QED) is 0.771. The summed E-state index contributed by atoms with van der Waals surface area (Å²) in [5.74, 6) is 0.485. The van der Waals surface area contributed by atoms with Crippen molar-refractivity contribution in [2.45, 2.75) is 19.4 Å². The Kier molecular flexibility index (Phi) is 4.31. The molecule has 3 aromatic rings. The topological polar surface area (TPSA) is 42.2 Å². The summed E-state index contributed by atoms with van der Waals surface area (Å²) in [4.78, 5) is 8.54. The van der Waals surface area contributed by atoms with Gasteiger partial charge in [0.15, 0.2) is 5.65 Å². The van der Waals surface area contributed by atoms with E-state index in [4.69, 9.17) is 0 Å². The molecule has 5 heteroatoms. The molecule has 108 valence electrons. The zero-order valence-corrected chi connectivity index (χ0v) is 13.4. The zero-order valence-electron chi connectivity index (χ0n) is 11.8. The normalized spacial score (nSPS) is 12.7. The molecule has 0 aliphatic heterocycles. The number of nitrogens with zero attached hydrogens (tertiary/aromatic N) is 3. The Bertz CT molecular complexity index is 723. The van der Waals surface area contributed by atoms with Crippen LogP contribution in [0.5, 0.6) is 0 Å². The van der Waals surface area contributed by atoms with Crippen molar-refractivity contribution >= 4 is 21.6 Å². The van der Waals surface area contributed by atoms with Gasteiger partial charge in [0.05, 0.1) is 18.1 Å². The van der Waals surface area contributed by atoms with E-state index in [1.165, 1.54) is 5.56 Å². The third-order valence-electron chi connectivity index (χ3n) is 3.57. The third-order valence-corrected chi connectivity index (χ3v) is 3.98. The molecular formula is C16H17BrN4. The molecule has 0 amide bonds. The van der Waals surface area contributed by atoms with Gasteiger partial charge < -0.3 is 5.32 Å². The maximum absolute atomic E-state index is 4.36. The summed E-state index contributed by atoms with van der Waals surface area (Å²) in [6.45, 7) is 3.95. The number of halogens is 1. The zero-order chi connectivity index (χ0) is 14.7. The van der Waals surface area contributed by atoms with E-state index in [0.717, 1.165) is 29.0 Å². The number of hydrogen-bond acceptors (Lipinski definition) is 3. The smallest absolute Gasteiger partial charge is 0.155 e. The fourth-order valence-electron chi connectivity index (χ4n) is 2.36. The summed E-state index contributed by atoms with van der Waals surface area (Å²) < 4.78 is 2.86. The van der Waals surface area contributed by atoms with Crippen molar-refractivity contribution in [2.75, 3.05) is 6.54 Å². The molecule has 0 fully saturated rings. The largest absolute Gasteiger partial charge is 0.311 e. The van der Waals surface area contributed by atoms with Gasteiger partial charge in [-0.1, -0.05) is 37.3 Å². The summed E-state index contributed by atoms with van der Waals surface area (Å²) in [5.41, 5.74) is 3.36. The maximum Gasteiger partial charge on any atom is 0.155 e. The van der Waals surface area contributed by atoms with Crippen LogP contribution in [0, 0.1) is 0 Å². The van der Waals surface area contributed by atoms with Gasteiger partial charge in [-0.25, -0.2) is 9.97 Å². The van der Waals surface area contributed by atoms with Gasteiger partial charge in [0, 0.05) is 19.3 Å². The van der Waals surface area contributed by atoms with Crippen molar-refractivity contribution in [3.05, 3.63) is 64.8 Å². The van der Waals surface area contributed by atoms with Gasteiger partial charge in [-0.3, -0.25) is 4.40 Å². The van der Waals surface area contributed by atoms with Gasteiger partial charge in [-0.15, -0.1) is 0 Å². The highest BCUT2D eigenvalue weighted by Crippen LogP contribution is 2.14. The lowest BCUT2D eigenvalue weighted by atomic mass is 10.0. The monoisotopic (exact) mass is 344 g/mol. The van der Waals surface area contributed by atoms with Crippen LogP contribution in [0.3, 0.4) is 0 Å². The van der Waals surface area contributed by atoms with Crippen LogP contribution in [-0.4, -0.2) is 20.9 Å². The van der Waals surface area contributed by atoms with E-state index >= 15 is 0 Å². The summed E-state index contributed by atoms with van der Waals surface area (Å²) in [6, 6.07) is 10.6. The minimum Gasteiger partial charge on any atom is -0.311 e. The van der Waals surface area contributed by atoms with E-state index in [9.17, 15) is 0 Å². The molecule has 2 aromatic heterocycles. The first-order valence-corrected chi connectivity index (χ1v) is 7.76. The fraction of sp³-hybridized carbons (Fsp3) is 0.250. The summed E-state index contributed by atoms with van der Waals surface area (Å²) in [6.07, 6.45) is 5.60. The molecule has 1 aromatic carbocycles. The predicted octanol–water partition coefficient (Wildman–Crippen LogP) is 3.39. The molecule has 1 N–H and O–H groups in total. The number of hydrogen-bond donors (Lipinski definition) is 1. The lowest BCUT2D eigenvalue weighted by Crippen LogP contribution is -2.20. The van der Waals surface area contributed by atoms with Crippen molar-refractivity contribution in [1.29, 1.82) is 0 Å². The van der Waals surface area contributed by atoms with E-state index in [2.05, 4.69) is 66.8 Å². The van der Waals surface area contributed by atoms with Crippen LogP contribution in [-0.2, 0) is 6.54 Å². The van der Waals surface area contributed by atoms with Crippen LogP contribution >= 0.6 is 15.9 Å². The average molecular weight is 345 g/mol.